The molecule has 0 fully saturated rings. The van der Waals surface area contributed by atoms with E-state index in [4.69, 9.17) is 14.0 Å². The van der Waals surface area contributed by atoms with Crippen LogP contribution in [0.2, 0.25) is 0 Å². The number of hydrogen-bond acceptors (Lipinski definition) is 5. The summed E-state index contributed by atoms with van der Waals surface area (Å²) in [4.78, 5) is 16.6. The van der Waals surface area contributed by atoms with Crippen LogP contribution in [0.1, 0.15) is 25.2 Å². The maximum Gasteiger partial charge on any atom is 0.261 e. The van der Waals surface area contributed by atoms with Crippen molar-refractivity contribution in [2.24, 2.45) is 5.16 Å². The van der Waals surface area contributed by atoms with Crippen molar-refractivity contribution in [2.75, 3.05) is 6.61 Å². The summed E-state index contributed by atoms with van der Waals surface area (Å²) in [5.41, 5.74) is 0.789. The third-order valence-corrected chi connectivity index (χ3v) is 2.78. The van der Waals surface area contributed by atoms with Gasteiger partial charge in [0.2, 0.25) is 0 Å². The fourth-order valence-corrected chi connectivity index (χ4v) is 1.79. The zero-order chi connectivity index (χ0) is 16.5. The molecule has 0 unspecified atom stereocenters. The summed E-state index contributed by atoms with van der Waals surface area (Å²) >= 11 is 0. The lowest BCUT2D eigenvalue weighted by Crippen LogP contribution is -2.26. The van der Waals surface area contributed by atoms with E-state index in [1.165, 1.54) is 6.21 Å². The minimum Gasteiger partial charge on any atom is -0.490 e. The van der Waals surface area contributed by atoms with Crippen LogP contribution in [0, 0.1) is 0 Å². The molecule has 23 heavy (non-hydrogen) atoms. The van der Waals surface area contributed by atoms with Crippen LogP contribution in [0.4, 0.5) is 0 Å². The highest BCUT2D eigenvalue weighted by atomic mass is 16.6. The minimum atomic E-state index is -0.273. The Morgan fingerprint density at radius 1 is 1.30 bits per heavy atom. The smallest absolute Gasteiger partial charge is 0.261 e. The number of benzene rings is 1. The molecule has 6 heteroatoms. The molecular weight excluding hydrogens is 296 g/mol. The van der Waals surface area contributed by atoms with Gasteiger partial charge in [-0.25, -0.2) is 0 Å². The highest BCUT2D eigenvalue weighted by molar-refractivity contribution is 5.83. The molecule has 0 aliphatic rings. The molecule has 1 heterocycles. The first-order valence-corrected chi connectivity index (χ1v) is 7.35. The number of oxime groups is 1. The standard InChI is InChI=1S/C17H20N2O4/c1-13(2)23-16-8-4-3-6-14(16)10-19-22-12-17(20)18-11-15-7-5-9-21-15/h3-10,13H,11-12H2,1-2H3,(H,18,20). The van der Waals surface area contributed by atoms with Gasteiger partial charge in [0.1, 0.15) is 11.5 Å². The number of nitrogens with one attached hydrogen (secondary N) is 1. The van der Waals surface area contributed by atoms with Crippen molar-refractivity contribution >= 4 is 12.1 Å². The van der Waals surface area contributed by atoms with Crippen LogP contribution in [0.25, 0.3) is 0 Å². The molecule has 2 aromatic rings. The lowest BCUT2D eigenvalue weighted by atomic mass is 10.2. The van der Waals surface area contributed by atoms with Gasteiger partial charge in [-0.3, -0.25) is 4.79 Å². The van der Waals surface area contributed by atoms with E-state index >= 15 is 0 Å². The Morgan fingerprint density at radius 3 is 2.87 bits per heavy atom. The number of amides is 1. The van der Waals surface area contributed by atoms with Gasteiger partial charge in [0.25, 0.3) is 5.91 Å². The average molecular weight is 316 g/mol. The van der Waals surface area contributed by atoms with E-state index in [0.717, 1.165) is 11.3 Å². The van der Waals surface area contributed by atoms with Gasteiger partial charge in [-0.05, 0) is 38.1 Å². The summed E-state index contributed by atoms with van der Waals surface area (Å²) in [6.07, 6.45) is 3.15. The highest BCUT2D eigenvalue weighted by Crippen LogP contribution is 2.17. The number of hydrogen-bond donors (Lipinski definition) is 1. The Balaban J connectivity index is 1.77. The van der Waals surface area contributed by atoms with Crippen molar-refractivity contribution in [3.8, 4) is 5.75 Å². The number of carbonyl (C=O) groups excluding carboxylic acids is 1. The third kappa shape index (κ3) is 5.86. The van der Waals surface area contributed by atoms with Gasteiger partial charge in [-0.2, -0.15) is 0 Å². The summed E-state index contributed by atoms with van der Waals surface area (Å²) in [5, 5.41) is 6.47. The quantitative estimate of drug-likeness (QED) is 0.600. The van der Waals surface area contributed by atoms with Crippen LogP contribution in [-0.4, -0.2) is 24.8 Å². The molecule has 1 amide bonds. The van der Waals surface area contributed by atoms with Gasteiger partial charge >= 0.3 is 0 Å². The van der Waals surface area contributed by atoms with Crippen molar-refractivity contribution in [1.82, 2.24) is 5.32 Å². The van der Waals surface area contributed by atoms with Crippen molar-refractivity contribution in [3.05, 3.63) is 54.0 Å². The van der Waals surface area contributed by atoms with Crippen LogP contribution < -0.4 is 10.1 Å². The van der Waals surface area contributed by atoms with Crippen molar-refractivity contribution in [1.29, 1.82) is 0 Å². The van der Waals surface area contributed by atoms with Gasteiger partial charge in [-0.1, -0.05) is 17.3 Å². The zero-order valence-corrected chi connectivity index (χ0v) is 13.2. The lowest BCUT2D eigenvalue weighted by molar-refractivity contribution is -0.125. The number of para-hydroxylation sites is 1. The van der Waals surface area contributed by atoms with E-state index in [0.29, 0.717) is 12.3 Å². The predicted octanol–water partition coefficient (Wildman–Crippen LogP) is 2.73. The molecule has 1 aromatic carbocycles. The average Bonchev–Trinajstić information content (AvgIpc) is 3.04. The minimum absolute atomic E-state index is 0.0675. The molecule has 0 saturated carbocycles. The molecule has 0 bridgehead atoms. The van der Waals surface area contributed by atoms with Gasteiger partial charge in [-0.15, -0.1) is 0 Å². The summed E-state index contributed by atoms with van der Waals surface area (Å²) in [6.45, 7) is 4.07. The van der Waals surface area contributed by atoms with Gasteiger partial charge in [0, 0.05) is 5.56 Å². The predicted molar refractivity (Wildman–Crippen MR) is 86.3 cm³/mol. The Labute approximate surface area is 135 Å². The van der Waals surface area contributed by atoms with Crippen LogP contribution >= 0.6 is 0 Å². The van der Waals surface area contributed by atoms with Gasteiger partial charge in [0.05, 0.1) is 25.1 Å². The first-order chi connectivity index (χ1) is 11.1. The van der Waals surface area contributed by atoms with E-state index in [2.05, 4.69) is 10.5 Å². The van der Waals surface area contributed by atoms with E-state index in [1.807, 2.05) is 38.1 Å². The molecule has 6 nitrogen and oxygen atoms in total. The normalized spacial score (nSPS) is 10.9. The first-order valence-electron chi connectivity index (χ1n) is 7.35. The monoisotopic (exact) mass is 316 g/mol. The Bertz CT molecular complexity index is 636. The summed E-state index contributed by atoms with van der Waals surface area (Å²) in [6, 6.07) is 11.0. The van der Waals surface area contributed by atoms with Gasteiger partial charge < -0.3 is 19.3 Å². The van der Waals surface area contributed by atoms with Crippen LogP contribution in [0.5, 0.6) is 5.75 Å². The Morgan fingerprint density at radius 2 is 2.13 bits per heavy atom. The molecule has 0 aliphatic heterocycles. The van der Waals surface area contributed by atoms with E-state index in [1.54, 1.807) is 18.4 Å². The number of nitrogens with zero attached hydrogens (tertiary/aromatic N) is 1. The second kappa shape index (κ2) is 8.63. The topological polar surface area (TPSA) is 73.1 Å². The maximum absolute atomic E-state index is 11.6. The maximum atomic E-state index is 11.6. The largest absolute Gasteiger partial charge is 0.490 e. The molecule has 0 saturated heterocycles. The number of carbonyl (C=O) groups is 1. The number of rotatable bonds is 8. The molecule has 1 N–H and O–H groups in total. The molecule has 0 spiro atoms. The molecule has 2 rings (SSSR count). The molecule has 0 radical (unpaired) electrons. The summed E-state index contributed by atoms with van der Waals surface area (Å²) in [7, 11) is 0. The summed E-state index contributed by atoms with van der Waals surface area (Å²) in [5.74, 6) is 1.13. The van der Waals surface area contributed by atoms with Crippen LogP contribution in [0.3, 0.4) is 0 Å². The number of ether oxygens (including phenoxy) is 1. The zero-order valence-electron chi connectivity index (χ0n) is 13.2. The van der Waals surface area contributed by atoms with E-state index in [-0.39, 0.29) is 18.6 Å². The van der Waals surface area contributed by atoms with Crippen molar-refractivity contribution in [2.45, 2.75) is 26.5 Å². The molecule has 0 aliphatic carbocycles. The first kappa shape index (κ1) is 16.6. The second-order valence-electron chi connectivity index (χ2n) is 5.07. The van der Waals surface area contributed by atoms with Crippen molar-refractivity contribution < 1.29 is 18.8 Å². The fraction of sp³-hybridized carbons (Fsp3) is 0.294. The Hall–Kier alpha value is -2.76. The molecule has 122 valence electrons. The summed E-state index contributed by atoms with van der Waals surface area (Å²) < 4.78 is 10.8. The van der Waals surface area contributed by atoms with Crippen molar-refractivity contribution in [3.63, 3.8) is 0 Å². The molecule has 1 aromatic heterocycles. The molecular formula is C17H20N2O4. The number of furan rings is 1. The van der Waals surface area contributed by atoms with E-state index in [9.17, 15) is 4.79 Å². The van der Waals surface area contributed by atoms with Crippen LogP contribution in [0.15, 0.2) is 52.2 Å². The van der Waals surface area contributed by atoms with Crippen LogP contribution in [-0.2, 0) is 16.2 Å². The SMILES string of the molecule is CC(C)Oc1ccccc1C=NOCC(=O)NCc1ccco1. The molecule has 0 atom stereocenters. The third-order valence-electron chi connectivity index (χ3n) is 2.78. The lowest BCUT2D eigenvalue weighted by Gasteiger charge is -2.11. The highest BCUT2D eigenvalue weighted by Gasteiger charge is 2.04. The van der Waals surface area contributed by atoms with E-state index < -0.39 is 0 Å². The fourth-order valence-electron chi connectivity index (χ4n) is 1.79. The Kier molecular flexibility index (Phi) is 6.23. The van der Waals surface area contributed by atoms with Gasteiger partial charge in [0.15, 0.2) is 6.61 Å². The second-order valence-corrected chi connectivity index (χ2v) is 5.07.